The average Bonchev–Trinajstić information content (AvgIpc) is 3.43. The number of anilines is 2. The van der Waals surface area contributed by atoms with Crippen LogP contribution in [-0.2, 0) is 9.59 Å². The zero-order chi connectivity index (χ0) is 31.8. The maximum atomic E-state index is 13.0. The third-order valence-electron chi connectivity index (χ3n) is 8.40. The highest BCUT2D eigenvalue weighted by Gasteiger charge is 2.41. The van der Waals surface area contributed by atoms with Crippen LogP contribution < -0.4 is 26.2 Å². The lowest BCUT2D eigenvalue weighted by Gasteiger charge is -2.35. The van der Waals surface area contributed by atoms with Crippen LogP contribution >= 0.6 is 0 Å². The molecular formula is C32H34N8O5. The van der Waals surface area contributed by atoms with Gasteiger partial charge in [-0.1, -0.05) is 12.6 Å². The monoisotopic (exact) mass is 610 g/mol. The fourth-order valence-corrected chi connectivity index (χ4v) is 5.99. The molecule has 2 amide bonds. The van der Waals surface area contributed by atoms with E-state index in [0.717, 1.165) is 36.0 Å². The van der Waals surface area contributed by atoms with Crippen LogP contribution in [0.2, 0.25) is 0 Å². The van der Waals surface area contributed by atoms with Gasteiger partial charge in [0.05, 0.1) is 19.7 Å². The number of rotatable bonds is 8. The highest BCUT2D eigenvalue weighted by molar-refractivity contribution is 5.94. The van der Waals surface area contributed by atoms with Crippen molar-refractivity contribution in [1.82, 2.24) is 29.3 Å². The molecule has 2 saturated heterocycles. The number of methoxy groups -OCH3 is 2. The van der Waals surface area contributed by atoms with E-state index in [4.69, 9.17) is 20.2 Å². The normalized spacial score (nSPS) is 17.6. The minimum absolute atomic E-state index is 0.0337. The summed E-state index contributed by atoms with van der Waals surface area (Å²) in [4.78, 5) is 55.1. The second-order valence-corrected chi connectivity index (χ2v) is 11.1. The summed E-state index contributed by atoms with van der Waals surface area (Å²) in [5.41, 5.74) is 8.67. The van der Waals surface area contributed by atoms with Crippen molar-refractivity contribution < 1.29 is 19.1 Å². The van der Waals surface area contributed by atoms with Crippen LogP contribution in [0.25, 0.3) is 27.7 Å². The predicted octanol–water partition coefficient (Wildman–Crippen LogP) is 2.55. The Hall–Kier alpha value is -5.46. The maximum Gasteiger partial charge on any atom is 0.354 e. The molecule has 2 aliphatic rings. The summed E-state index contributed by atoms with van der Waals surface area (Å²) in [6, 6.07) is 8.23. The van der Waals surface area contributed by atoms with Crippen molar-refractivity contribution in [3.05, 3.63) is 71.4 Å². The van der Waals surface area contributed by atoms with E-state index >= 15 is 0 Å². The van der Waals surface area contributed by atoms with Crippen LogP contribution in [-0.4, -0.2) is 87.1 Å². The van der Waals surface area contributed by atoms with Gasteiger partial charge in [-0.15, -0.1) is 0 Å². The number of hydrogen-bond donors (Lipinski definition) is 2. The van der Waals surface area contributed by atoms with Crippen LogP contribution in [0.5, 0.6) is 11.5 Å². The van der Waals surface area contributed by atoms with Crippen molar-refractivity contribution in [2.75, 3.05) is 44.9 Å². The van der Waals surface area contributed by atoms with Gasteiger partial charge < -0.3 is 30.3 Å². The molecule has 2 fully saturated rings. The molecule has 2 unspecified atom stereocenters. The molecule has 4 aromatic rings. The Kier molecular flexibility index (Phi) is 7.83. The van der Waals surface area contributed by atoms with Gasteiger partial charge in [-0.05, 0) is 49.6 Å². The lowest BCUT2D eigenvalue weighted by molar-refractivity contribution is -0.144. The molecule has 13 nitrogen and oxygen atoms in total. The lowest BCUT2D eigenvalue weighted by Crippen LogP contribution is -2.52. The Morgan fingerprint density at radius 2 is 1.89 bits per heavy atom. The number of carbonyl (C=O) groups excluding carboxylic acids is 2. The molecule has 232 valence electrons. The van der Waals surface area contributed by atoms with Gasteiger partial charge in [-0.2, -0.15) is 4.98 Å². The van der Waals surface area contributed by atoms with Crippen molar-refractivity contribution in [3.8, 4) is 28.3 Å². The van der Waals surface area contributed by atoms with E-state index in [0.29, 0.717) is 47.2 Å². The molecule has 0 spiro atoms. The number of carbonyl (C=O) groups is 2. The number of likely N-dealkylation sites (tertiary alicyclic amines) is 2. The average molecular weight is 611 g/mol. The van der Waals surface area contributed by atoms with E-state index in [2.05, 4.69) is 21.9 Å². The number of aromatic nitrogens is 4. The van der Waals surface area contributed by atoms with E-state index < -0.39 is 11.7 Å². The van der Waals surface area contributed by atoms with Crippen molar-refractivity contribution in [3.63, 3.8) is 0 Å². The van der Waals surface area contributed by atoms with Crippen molar-refractivity contribution in [1.29, 1.82) is 0 Å². The van der Waals surface area contributed by atoms with E-state index in [1.54, 1.807) is 41.4 Å². The van der Waals surface area contributed by atoms with E-state index in [1.807, 2.05) is 25.1 Å². The first kappa shape index (κ1) is 29.6. The molecular weight excluding hydrogens is 576 g/mol. The summed E-state index contributed by atoms with van der Waals surface area (Å²) in [6.07, 6.45) is 5.95. The smallest absolute Gasteiger partial charge is 0.354 e. The summed E-state index contributed by atoms with van der Waals surface area (Å²) in [7, 11) is 3.10. The summed E-state index contributed by atoms with van der Waals surface area (Å²) in [5, 5.41) is 4.08. The fourth-order valence-electron chi connectivity index (χ4n) is 5.99. The summed E-state index contributed by atoms with van der Waals surface area (Å²) in [5.74, 6) is 1.21. The minimum atomic E-state index is -0.548. The van der Waals surface area contributed by atoms with Gasteiger partial charge in [-0.25, -0.2) is 14.8 Å². The Balaban J connectivity index is 1.33. The van der Waals surface area contributed by atoms with Gasteiger partial charge in [0.15, 0.2) is 0 Å². The van der Waals surface area contributed by atoms with Crippen molar-refractivity contribution in [2.24, 2.45) is 0 Å². The molecule has 0 radical (unpaired) electrons. The van der Waals surface area contributed by atoms with Gasteiger partial charge in [-0.3, -0.25) is 14.2 Å². The molecule has 0 bridgehead atoms. The quantitative estimate of drug-likeness (QED) is 0.284. The van der Waals surface area contributed by atoms with Crippen LogP contribution in [0.4, 0.5) is 11.8 Å². The Morgan fingerprint density at radius 3 is 2.56 bits per heavy atom. The molecule has 2 aromatic heterocycles. The predicted molar refractivity (Wildman–Crippen MR) is 170 cm³/mol. The van der Waals surface area contributed by atoms with E-state index in [1.165, 1.54) is 17.8 Å². The molecule has 6 rings (SSSR count). The lowest BCUT2D eigenvalue weighted by atomic mass is 9.95. The van der Waals surface area contributed by atoms with Gasteiger partial charge in [0, 0.05) is 60.6 Å². The fraction of sp³-hybridized carbons (Fsp3) is 0.312. The first-order chi connectivity index (χ1) is 21.7. The summed E-state index contributed by atoms with van der Waals surface area (Å²) < 4.78 is 12.7. The highest BCUT2D eigenvalue weighted by atomic mass is 16.5. The highest BCUT2D eigenvalue weighted by Crippen LogP contribution is 2.42. The second kappa shape index (κ2) is 11.9. The maximum absolute atomic E-state index is 13.0. The molecule has 0 saturated carbocycles. The van der Waals surface area contributed by atoms with Crippen molar-refractivity contribution >= 4 is 34.5 Å². The molecule has 3 N–H and O–H groups in total. The number of nitrogens with two attached hydrogens (primary N) is 1. The number of nitrogen functional groups attached to an aromatic ring is 1. The Labute approximate surface area is 259 Å². The van der Waals surface area contributed by atoms with Gasteiger partial charge in [0.25, 0.3) is 0 Å². The largest absolute Gasteiger partial charge is 0.496 e. The zero-order valence-corrected chi connectivity index (χ0v) is 25.3. The van der Waals surface area contributed by atoms with Gasteiger partial charge in [0.1, 0.15) is 29.0 Å². The first-order valence-electron chi connectivity index (χ1n) is 14.6. The van der Waals surface area contributed by atoms with Crippen LogP contribution in [0.15, 0.2) is 60.2 Å². The third kappa shape index (κ3) is 5.41. The third-order valence-corrected chi connectivity index (χ3v) is 8.40. The van der Waals surface area contributed by atoms with Crippen LogP contribution in [0, 0.1) is 6.92 Å². The molecule has 4 heterocycles. The number of nitrogens with zero attached hydrogens (tertiary/aromatic N) is 6. The summed E-state index contributed by atoms with van der Waals surface area (Å²) >= 11 is 0. The number of benzene rings is 2. The Bertz CT molecular complexity index is 1890. The topological polar surface area (TPSA) is 158 Å². The first-order valence-corrected chi connectivity index (χ1v) is 14.6. The molecule has 2 aromatic carbocycles. The SMILES string of the molecule is C=CC(=O)N1CC(Nc2ncc3cc(-c4c(C)c(OC)cc(OC)c4-n4ccc(N)nc4=O)ccc3n2)CC1C(=O)N1CCC1. The number of ether oxygens (including phenoxy) is 2. The number of hydrogen-bond acceptors (Lipinski definition) is 10. The van der Waals surface area contributed by atoms with Crippen molar-refractivity contribution in [2.45, 2.75) is 31.8 Å². The van der Waals surface area contributed by atoms with Gasteiger partial charge >= 0.3 is 5.69 Å². The van der Waals surface area contributed by atoms with Crippen LogP contribution in [0.1, 0.15) is 18.4 Å². The van der Waals surface area contributed by atoms with Gasteiger partial charge in [0.2, 0.25) is 17.8 Å². The number of fused-ring (bicyclic) bond motifs is 1. The van der Waals surface area contributed by atoms with E-state index in [9.17, 15) is 14.4 Å². The van der Waals surface area contributed by atoms with E-state index in [-0.39, 0.29) is 23.7 Å². The second-order valence-electron chi connectivity index (χ2n) is 11.1. The molecule has 2 aliphatic heterocycles. The number of nitrogens with one attached hydrogen (secondary N) is 1. The Morgan fingerprint density at radius 1 is 1.11 bits per heavy atom. The summed E-state index contributed by atoms with van der Waals surface area (Å²) in [6.45, 7) is 7.29. The van der Waals surface area contributed by atoms with Crippen LogP contribution in [0.3, 0.4) is 0 Å². The standard InChI is InChI=1S/C32H34N8O5/c1-5-27(41)40-17-21(14-23(40)30(42)38-10-6-11-38)35-31-34-16-20-13-19(7-8-22(20)36-31)28-18(2)24(44-3)15-25(45-4)29(28)39-12-9-26(33)37-32(39)43/h5,7-9,12-13,15-16,21,23H,1,6,10-11,14,17H2,2-4H3,(H2,33,37,43)(H,34,35,36). The molecule has 45 heavy (non-hydrogen) atoms. The zero-order valence-electron chi connectivity index (χ0n) is 25.3. The molecule has 2 atom stereocenters. The molecule has 0 aliphatic carbocycles. The molecule has 13 heteroatoms. The number of amides is 2. The minimum Gasteiger partial charge on any atom is -0.496 e.